The number of pyridine rings is 1. The van der Waals surface area contributed by atoms with E-state index in [9.17, 15) is 9.59 Å². The van der Waals surface area contributed by atoms with Crippen molar-refractivity contribution in [1.82, 2.24) is 9.88 Å². The van der Waals surface area contributed by atoms with Gasteiger partial charge in [-0.3, -0.25) is 9.59 Å². The molecule has 0 aliphatic heterocycles. The van der Waals surface area contributed by atoms with Crippen molar-refractivity contribution in [3.05, 3.63) is 70.0 Å². The molecule has 0 saturated carbocycles. The van der Waals surface area contributed by atoms with Crippen molar-refractivity contribution in [2.45, 2.75) is 31.3 Å². The van der Waals surface area contributed by atoms with Gasteiger partial charge >= 0.3 is 0 Å². The van der Waals surface area contributed by atoms with E-state index in [2.05, 4.69) is 5.32 Å². The summed E-state index contributed by atoms with van der Waals surface area (Å²) in [5.41, 5.74) is 1.62. The normalized spacial score (nSPS) is 12.0. The van der Waals surface area contributed by atoms with Crippen LogP contribution in [0.25, 0.3) is 10.9 Å². The van der Waals surface area contributed by atoms with Gasteiger partial charge in [0.15, 0.2) is 0 Å². The molecule has 0 aliphatic carbocycles. The zero-order chi connectivity index (χ0) is 20.3. The number of carbonyl (C=O) groups is 1. The highest BCUT2D eigenvalue weighted by Gasteiger charge is 2.18. The molecule has 3 rings (SSSR count). The molecule has 0 saturated heterocycles. The molecule has 146 valence electrons. The molecule has 6 heteroatoms. The summed E-state index contributed by atoms with van der Waals surface area (Å²) in [5.74, 6) is 0.213. The summed E-state index contributed by atoms with van der Waals surface area (Å²) in [6.45, 7) is 4.54. The minimum atomic E-state index is -0.377. The lowest BCUT2D eigenvalue weighted by atomic mass is 10.1. The number of fused-ring (bicyclic) bond motifs is 1. The Hall–Kier alpha value is -2.73. The summed E-state index contributed by atoms with van der Waals surface area (Å²) in [4.78, 5) is 27.0. The Balaban J connectivity index is 1.96. The first kappa shape index (κ1) is 20.0. The average Bonchev–Trinajstić information content (AvgIpc) is 2.73. The van der Waals surface area contributed by atoms with Gasteiger partial charge in [-0.25, -0.2) is 0 Å². The molecule has 1 atom stereocenters. The topological polar surface area (TPSA) is 60.3 Å². The largest absolute Gasteiger partial charge is 0.497 e. The van der Waals surface area contributed by atoms with Crippen molar-refractivity contribution in [3.8, 4) is 5.75 Å². The number of methoxy groups -OCH3 is 1. The monoisotopic (exact) mass is 396 g/mol. The third-order valence-electron chi connectivity index (χ3n) is 4.84. The quantitative estimate of drug-likeness (QED) is 0.633. The molecule has 5 nitrogen and oxygen atoms in total. The van der Waals surface area contributed by atoms with Gasteiger partial charge in [0, 0.05) is 17.6 Å². The second-order valence-corrected chi connectivity index (χ2v) is 7.39. The second kappa shape index (κ2) is 8.52. The number of hydrogen-bond acceptors (Lipinski definition) is 4. The lowest BCUT2D eigenvalue weighted by Gasteiger charge is -2.16. The first-order chi connectivity index (χ1) is 13.5. The fourth-order valence-corrected chi connectivity index (χ4v) is 3.59. The number of nitrogens with zero attached hydrogens (tertiary/aromatic N) is 1. The molecule has 2 aromatic carbocycles. The number of carbonyl (C=O) groups excluding carboxylic acids is 1. The summed E-state index contributed by atoms with van der Waals surface area (Å²) in [6, 6.07) is 13.2. The molecular weight excluding hydrogens is 372 g/mol. The Morgan fingerprint density at radius 2 is 1.93 bits per heavy atom. The van der Waals surface area contributed by atoms with Gasteiger partial charge in [-0.1, -0.05) is 12.1 Å². The van der Waals surface area contributed by atoms with E-state index in [1.165, 1.54) is 0 Å². The van der Waals surface area contributed by atoms with Crippen molar-refractivity contribution in [2.24, 2.45) is 0 Å². The highest BCUT2D eigenvalue weighted by Crippen LogP contribution is 2.21. The van der Waals surface area contributed by atoms with Crippen LogP contribution in [-0.2, 0) is 6.54 Å². The number of aryl methyl sites for hydroxylation is 1. The molecule has 0 radical (unpaired) electrons. The fraction of sp³-hybridized carbons (Fsp3) is 0.273. The Morgan fingerprint density at radius 3 is 2.54 bits per heavy atom. The van der Waals surface area contributed by atoms with Gasteiger partial charge in [0.1, 0.15) is 11.3 Å². The first-order valence-electron chi connectivity index (χ1n) is 9.14. The highest BCUT2D eigenvalue weighted by molar-refractivity contribution is 7.98. The second-order valence-electron chi connectivity index (χ2n) is 6.51. The molecule has 0 bridgehead atoms. The minimum absolute atomic E-state index is 0.134. The zero-order valence-electron chi connectivity index (χ0n) is 16.5. The summed E-state index contributed by atoms with van der Waals surface area (Å²) in [6.07, 6.45) is 3.66. The molecular formula is C22H24N2O3S. The number of aromatic nitrogens is 1. The molecule has 0 unspecified atom stereocenters. The van der Waals surface area contributed by atoms with E-state index in [1.807, 2.05) is 61.1 Å². The van der Waals surface area contributed by atoms with E-state index in [0.29, 0.717) is 17.7 Å². The number of nitrogens with one attached hydrogen (secondary N) is 1. The van der Waals surface area contributed by atoms with Crippen LogP contribution in [0.1, 0.15) is 35.8 Å². The van der Waals surface area contributed by atoms with Crippen LogP contribution in [-0.4, -0.2) is 23.8 Å². The third-order valence-corrected chi connectivity index (χ3v) is 5.58. The third kappa shape index (κ3) is 3.92. The molecule has 1 aromatic heterocycles. The molecule has 1 heterocycles. The van der Waals surface area contributed by atoms with E-state index >= 15 is 0 Å². The number of benzene rings is 2. The van der Waals surface area contributed by atoms with E-state index in [-0.39, 0.29) is 22.9 Å². The molecule has 3 aromatic rings. The van der Waals surface area contributed by atoms with Crippen molar-refractivity contribution >= 4 is 28.6 Å². The summed E-state index contributed by atoms with van der Waals surface area (Å²) in [7, 11) is 1.56. The average molecular weight is 397 g/mol. The van der Waals surface area contributed by atoms with Gasteiger partial charge in [-0.15, -0.1) is 11.8 Å². The zero-order valence-corrected chi connectivity index (χ0v) is 17.3. The van der Waals surface area contributed by atoms with Gasteiger partial charge in [0.25, 0.3) is 5.91 Å². The minimum Gasteiger partial charge on any atom is -0.497 e. The molecule has 0 fully saturated rings. The number of thioether (sulfide) groups is 1. The number of ether oxygens (including phenoxy) is 1. The van der Waals surface area contributed by atoms with Crippen LogP contribution < -0.4 is 15.5 Å². The van der Waals surface area contributed by atoms with Crippen LogP contribution >= 0.6 is 11.8 Å². The van der Waals surface area contributed by atoms with E-state index in [1.54, 1.807) is 31.1 Å². The number of rotatable bonds is 6. The summed E-state index contributed by atoms with van der Waals surface area (Å²) < 4.78 is 7.15. The van der Waals surface area contributed by atoms with Crippen LogP contribution in [0.4, 0.5) is 0 Å². The van der Waals surface area contributed by atoms with Gasteiger partial charge in [-0.2, -0.15) is 0 Å². The molecule has 1 N–H and O–H groups in total. The summed E-state index contributed by atoms with van der Waals surface area (Å²) >= 11 is 1.67. The molecule has 0 spiro atoms. The van der Waals surface area contributed by atoms with Crippen molar-refractivity contribution in [1.29, 1.82) is 0 Å². The Bertz CT molecular complexity index is 1060. The van der Waals surface area contributed by atoms with Gasteiger partial charge < -0.3 is 14.6 Å². The van der Waals surface area contributed by atoms with E-state index < -0.39 is 0 Å². The summed E-state index contributed by atoms with van der Waals surface area (Å²) in [5, 5.41) is 3.42. The maximum Gasteiger partial charge on any atom is 0.257 e. The van der Waals surface area contributed by atoms with Crippen LogP contribution in [0.5, 0.6) is 5.75 Å². The number of amides is 1. The van der Waals surface area contributed by atoms with Gasteiger partial charge in [0.05, 0.1) is 24.1 Å². The first-order valence-corrected chi connectivity index (χ1v) is 10.4. The standard InChI is InChI=1S/C22H24N2O3S/c1-5-24-13-19(21(25)18-12-16(27-3)8-11-20(18)24)22(26)23-14(2)15-6-9-17(28-4)10-7-15/h6-14H,5H2,1-4H3,(H,23,26)/t14-/m1/s1. The van der Waals surface area contributed by atoms with Crippen LogP contribution in [0.15, 0.2) is 58.4 Å². The van der Waals surface area contributed by atoms with E-state index in [4.69, 9.17) is 4.74 Å². The maximum atomic E-state index is 13.0. The lowest BCUT2D eigenvalue weighted by molar-refractivity contribution is 0.0938. The van der Waals surface area contributed by atoms with Crippen LogP contribution in [0.2, 0.25) is 0 Å². The molecule has 28 heavy (non-hydrogen) atoms. The fourth-order valence-electron chi connectivity index (χ4n) is 3.18. The Kier molecular flexibility index (Phi) is 6.09. The van der Waals surface area contributed by atoms with Crippen molar-refractivity contribution < 1.29 is 9.53 Å². The maximum absolute atomic E-state index is 13.0. The Labute approximate surface area is 168 Å². The molecule has 0 aliphatic rings. The molecule has 1 amide bonds. The number of hydrogen-bond donors (Lipinski definition) is 1. The highest BCUT2D eigenvalue weighted by atomic mass is 32.2. The SMILES string of the molecule is CCn1cc(C(=O)N[C@H](C)c2ccc(SC)cc2)c(=O)c2cc(OC)ccc21. The van der Waals surface area contributed by atoms with E-state index in [0.717, 1.165) is 16.0 Å². The smallest absolute Gasteiger partial charge is 0.257 e. The van der Waals surface area contributed by atoms with Crippen molar-refractivity contribution in [3.63, 3.8) is 0 Å². The van der Waals surface area contributed by atoms with Crippen molar-refractivity contribution in [2.75, 3.05) is 13.4 Å². The van der Waals surface area contributed by atoms with Gasteiger partial charge in [-0.05, 0) is 56.0 Å². The van der Waals surface area contributed by atoms with Crippen LogP contribution in [0.3, 0.4) is 0 Å². The predicted octanol–water partition coefficient (Wildman–Crippen LogP) is 4.24. The Morgan fingerprint density at radius 1 is 1.21 bits per heavy atom. The van der Waals surface area contributed by atoms with Gasteiger partial charge in [0.2, 0.25) is 5.43 Å². The predicted molar refractivity (Wildman–Crippen MR) is 115 cm³/mol. The van der Waals surface area contributed by atoms with Crippen LogP contribution in [0, 0.1) is 0 Å². The lowest BCUT2D eigenvalue weighted by Crippen LogP contribution is -2.31.